The van der Waals surface area contributed by atoms with E-state index in [0.717, 1.165) is 38.0 Å². The molecule has 2 heterocycles. The van der Waals surface area contributed by atoms with Gasteiger partial charge < -0.3 is 10.2 Å². The highest BCUT2D eigenvalue weighted by atomic mass is 32.2. The fourth-order valence-corrected chi connectivity index (χ4v) is 5.74. The van der Waals surface area contributed by atoms with Crippen LogP contribution in [-0.2, 0) is 14.6 Å². The van der Waals surface area contributed by atoms with Crippen LogP contribution >= 0.6 is 11.8 Å². The van der Waals surface area contributed by atoms with Crippen LogP contribution < -0.4 is 5.32 Å². The summed E-state index contributed by atoms with van der Waals surface area (Å²) < 4.78 is 24.4. The molecular weight excluding hydrogens is 296 g/mol. The topological polar surface area (TPSA) is 66.5 Å². The van der Waals surface area contributed by atoms with Crippen molar-refractivity contribution in [3.63, 3.8) is 0 Å². The van der Waals surface area contributed by atoms with Gasteiger partial charge in [0.2, 0.25) is 5.91 Å². The minimum atomic E-state index is -3.21. The summed E-state index contributed by atoms with van der Waals surface area (Å²) in [6, 6.07) is -0.199. The number of thioether (sulfide) groups is 1. The summed E-state index contributed by atoms with van der Waals surface area (Å²) in [5.41, 5.74) is 0. The molecule has 116 valence electrons. The van der Waals surface area contributed by atoms with Gasteiger partial charge in [0.1, 0.15) is 5.37 Å². The minimum absolute atomic E-state index is 0.0192. The number of hydrogen-bond donors (Lipinski definition) is 1. The lowest BCUT2D eigenvalue weighted by molar-refractivity contribution is -0.134. The van der Waals surface area contributed by atoms with Crippen LogP contribution in [0.4, 0.5) is 0 Å². The molecule has 1 amide bonds. The van der Waals surface area contributed by atoms with Gasteiger partial charge in [-0.15, -0.1) is 0 Å². The van der Waals surface area contributed by atoms with Crippen molar-refractivity contribution in [2.45, 2.75) is 44.0 Å². The highest BCUT2D eigenvalue weighted by Gasteiger charge is 2.38. The van der Waals surface area contributed by atoms with E-state index in [1.54, 1.807) is 23.6 Å². The molecule has 7 heteroatoms. The van der Waals surface area contributed by atoms with E-state index in [1.807, 2.05) is 0 Å². The first-order chi connectivity index (χ1) is 9.56. The van der Waals surface area contributed by atoms with Crippen LogP contribution in [0.1, 0.15) is 32.6 Å². The maximum atomic E-state index is 12.7. The maximum Gasteiger partial charge on any atom is 0.240 e. The number of carbonyl (C=O) groups is 1. The van der Waals surface area contributed by atoms with E-state index >= 15 is 0 Å². The van der Waals surface area contributed by atoms with Gasteiger partial charge in [0.05, 0.1) is 6.04 Å². The molecule has 2 aliphatic heterocycles. The van der Waals surface area contributed by atoms with Crippen LogP contribution in [0.2, 0.25) is 0 Å². The van der Waals surface area contributed by atoms with Crippen molar-refractivity contribution in [2.24, 2.45) is 0 Å². The molecule has 2 aliphatic rings. The van der Waals surface area contributed by atoms with Crippen molar-refractivity contribution in [1.29, 1.82) is 0 Å². The van der Waals surface area contributed by atoms with E-state index in [-0.39, 0.29) is 17.7 Å². The fraction of sp³-hybridized carbons (Fsp3) is 0.923. The van der Waals surface area contributed by atoms with Crippen LogP contribution in [0.15, 0.2) is 0 Å². The number of rotatable bonds is 3. The summed E-state index contributed by atoms with van der Waals surface area (Å²) in [5.74, 6) is 1.41. The zero-order chi connectivity index (χ0) is 14.6. The first kappa shape index (κ1) is 16.1. The van der Waals surface area contributed by atoms with Gasteiger partial charge in [-0.25, -0.2) is 8.42 Å². The molecule has 1 N–H and O–H groups in total. The fourth-order valence-electron chi connectivity index (χ4n) is 2.76. The standard InChI is InChI=1S/C13H24N2O3S2/c1-2-20(17,18)12-10-19-9-8-15(12)13(16)11-6-4-3-5-7-14-11/h11-12,14H,2-10H2,1H3. The van der Waals surface area contributed by atoms with Gasteiger partial charge in [0.15, 0.2) is 9.84 Å². The lowest BCUT2D eigenvalue weighted by atomic mass is 10.1. The van der Waals surface area contributed by atoms with E-state index in [4.69, 9.17) is 0 Å². The summed E-state index contributed by atoms with van der Waals surface area (Å²) >= 11 is 1.62. The van der Waals surface area contributed by atoms with Gasteiger partial charge >= 0.3 is 0 Å². The molecule has 5 nitrogen and oxygen atoms in total. The number of hydrogen-bond acceptors (Lipinski definition) is 5. The average molecular weight is 320 g/mol. The van der Waals surface area contributed by atoms with Crippen molar-refractivity contribution in [3.8, 4) is 0 Å². The molecule has 0 aliphatic carbocycles. The number of nitrogens with one attached hydrogen (secondary N) is 1. The Morgan fingerprint density at radius 1 is 1.35 bits per heavy atom. The lowest BCUT2D eigenvalue weighted by Gasteiger charge is -2.36. The number of amides is 1. The molecule has 0 bridgehead atoms. The van der Waals surface area contributed by atoms with E-state index < -0.39 is 15.2 Å². The van der Waals surface area contributed by atoms with Crippen LogP contribution in [0.5, 0.6) is 0 Å². The first-order valence-corrected chi connectivity index (χ1v) is 10.3. The molecule has 0 aromatic carbocycles. The summed E-state index contributed by atoms with van der Waals surface area (Å²) in [7, 11) is -3.21. The van der Waals surface area contributed by atoms with E-state index in [0.29, 0.717) is 12.3 Å². The second-order valence-corrected chi connectivity index (χ2v) is 8.97. The molecule has 2 atom stereocenters. The number of nitrogens with zero attached hydrogens (tertiary/aromatic N) is 1. The Labute approximate surface area is 125 Å². The molecule has 0 radical (unpaired) electrons. The van der Waals surface area contributed by atoms with Gasteiger partial charge in [-0.05, 0) is 19.4 Å². The van der Waals surface area contributed by atoms with Crippen molar-refractivity contribution in [3.05, 3.63) is 0 Å². The molecule has 0 spiro atoms. The second-order valence-electron chi connectivity index (χ2n) is 5.37. The molecule has 2 saturated heterocycles. The van der Waals surface area contributed by atoms with Crippen LogP contribution in [0.25, 0.3) is 0 Å². The molecule has 0 aromatic heterocycles. The third-order valence-corrected chi connectivity index (χ3v) is 7.33. The predicted octanol–water partition coefficient (Wildman–Crippen LogP) is 0.855. The third kappa shape index (κ3) is 3.68. The SMILES string of the molecule is CCS(=O)(=O)C1CSCCN1C(=O)C1CCCCCN1. The van der Waals surface area contributed by atoms with Crippen molar-refractivity contribution >= 4 is 27.5 Å². The summed E-state index contributed by atoms with van der Waals surface area (Å²) in [5, 5.41) is 2.64. The number of sulfone groups is 1. The molecule has 20 heavy (non-hydrogen) atoms. The highest BCUT2D eigenvalue weighted by molar-refractivity contribution is 8.01. The quantitative estimate of drug-likeness (QED) is 0.835. The molecule has 2 fully saturated rings. The molecule has 2 rings (SSSR count). The Morgan fingerprint density at radius 2 is 2.15 bits per heavy atom. The van der Waals surface area contributed by atoms with E-state index in [9.17, 15) is 13.2 Å². The Bertz CT molecular complexity index is 431. The van der Waals surface area contributed by atoms with Crippen LogP contribution in [-0.4, -0.2) is 61.0 Å². The predicted molar refractivity (Wildman–Crippen MR) is 82.5 cm³/mol. The Kier molecular flexibility index (Phi) is 5.74. The van der Waals surface area contributed by atoms with E-state index in [1.165, 1.54) is 0 Å². The molecular formula is C13H24N2O3S2. The van der Waals surface area contributed by atoms with E-state index in [2.05, 4.69) is 5.32 Å². The third-order valence-electron chi connectivity index (χ3n) is 4.04. The van der Waals surface area contributed by atoms with Gasteiger partial charge in [0, 0.05) is 23.8 Å². The zero-order valence-corrected chi connectivity index (χ0v) is 13.6. The minimum Gasteiger partial charge on any atom is -0.323 e. The maximum absolute atomic E-state index is 12.7. The monoisotopic (exact) mass is 320 g/mol. The highest BCUT2D eigenvalue weighted by Crippen LogP contribution is 2.23. The summed E-state index contributed by atoms with van der Waals surface area (Å²) in [4.78, 5) is 14.3. The Balaban J connectivity index is 2.12. The molecule has 0 aromatic rings. The van der Waals surface area contributed by atoms with Crippen LogP contribution in [0, 0.1) is 0 Å². The van der Waals surface area contributed by atoms with Crippen LogP contribution in [0.3, 0.4) is 0 Å². The Hall–Kier alpha value is -0.270. The van der Waals surface area contributed by atoms with Crippen molar-refractivity contribution < 1.29 is 13.2 Å². The smallest absolute Gasteiger partial charge is 0.240 e. The van der Waals surface area contributed by atoms with Crippen molar-refractivity contribution in [2.75, 3.05) is 30.3 Å². The van der Waals surface area contributed by atoms with Gasteiger partial charge in [0.25, 0.3) is 0 Å². The zero-order valence-electron chi connectivity index (χ0n) is 12.0. The average Bonchev–Trinajstić information content (AvgIpc) is 2.75. The van der Waals surface area contributed by atoms with Gasteiger partial charge in [-0.2, -0.15) is 11.8 Å². The summed E-state index contributed by atoms with van der Waals surface area (Å²) in [6.45, 7) is 3.05. The Morgan fingerprint density at radius 3 is 2.90 bits per heavy atom. The largest absolute Gasteiger partial charge is 0.323 e. The molecule has 2 unspecified atom stereocenters. The van der Waals surface area contributed by atoms with Gasteiger partial charge in [-0.3, -0.25) is 4.79 Å². The second kappa shape index (κ2) is 7.13. The normalized spacial score (nSPS) is 28.9. The first-order valence-electron chi connectivity index (χ1n) is 7.39. The molecule has 0 saturated carbocycles. The number of carbonyl (C=O) groups excluding carboxylic acids is 1. The van der Waals surface area contributed by atoms with Gasteiger partial charge in [-0.1, -0.05) is 19.8 Å². The summed E-state index contributed by atoms with van der Waals surface area (Å²) in [6.07, 6.45) is 4.10. The van der Waals surface area contributed by atoms with Crippen molar-refractivity contribution in [1.82, 2.24) is 10.2 Å². The lowest BCUT2D eigenvalue weighted by Crippen LogP contribution is -2.56.